The molecule has 0 N–H and O–H groups in total. The van der Waals surface area contributed by atoms with Crippen LogP contribution in [0.2, 0.25) is 0 Å². The van der Waals surface area contributed by atoms with Gasteiger partial charge in [0, 0.05) is 0 Å². The summed E-state index contributed by atoms with van der Waals surface area (Å²) in [4.78, 5) is 0. The van der Waals surface area contributed by atoms with E-state index in [-0.39, 0.29) is 0 Å². The van der Waals surface area contributed by atoms with Crippen molar-refractivity contribution >= 4 is 5.57 Å². The van der Waals surface area contributed by atoms with Crippen LogP contribution in [0.5, 0.6) is 0 Å². The standard InChI is InChI=1S/C25H32/c1-17(2)24(25-15-18(3)11-10-13-20(25)5)16-21(6)22(7)23-14-9-8-12-19(23)4/h8-18H,1-7H3/b22-21+,24-16+. The number of hydrogen-bond acceptors (Lipinski definition) is 0. The Balaban J connectivity index is 2.53. The van der Waals surface area contributed by atoms with Crippen LogP contribution in [0.4, 0.5) is 0 Å². The maximum atomic E-state index is 2.40. The molecule has 2 rings (SSSR count). The highest BCUT2D eigenvalue weighted by atomic mass is 14.2. The van der Waals surface area contributed by atoms with Crippen molar-refractivity contribution in [1.82, 2.24) is 0 Å². The topological polar surface area (TPSA) is 0 Å². The zero-order chi connectivity index (χ0) is 18.6. The first-order chi connectivity index (χ1) is 11.8. The average Bonchev–Trinajstić information content (AvgIpc) is 2.73. The third-order valence-electron chi connectivity index (χ3n) is 5.06. The molecule has 0 saturated carbocycles. The lowest BCUT2D eigenvalue weighted by Crippen LogP contribution is -2.02. The largest absolute Gasteiger partial charge is 0.0779 e. The number of hydrogen-bond donors (Lipinski definition) is 0. The van der Waals surface area contributed by atoms with E-state index in [2.05, 4.69) is 103 Å². The van der Waals surface area contributed by atoms with Crippen LogP contribution in [0.1, 0.15) is 52.7 Å². The second kappa shape index (κ2) is 8.34. The van der Waals surface area contributed by atoms with Gasteiger partial charge in [-0.15, -0.1) is 0 Å². The van der Waals surface area contributed by atoms with E-state index in [1.165, 1.54) is 39.0 Å². The van der Waals surface area contributed by atoms with E-state index in [4.69, 9.17) is 0 Å². The molecule has 1 atom stereocenters. The molecule has 0 heterocycles. The van der Waals surface area contributed by atoms with Crippen LogP contribution in [0.3, 0.4) is 0 Å². The van der Waals surface area contributed by atoms with Crippen LogP contribution in [0.25, 0.3) is 5.57 Å². The van der Waals surface area contributed by atoms with Gasteiger partial charge in [-0.1, -0.05) is 75.4 Å². The van der Waals surface area contributed by atoms with Gasteiger partial charge in [0.25, 0.3) is 0 Å². The summed E-state index contributed by atoms with van der Waals surface area (Å²) in [6, 6.07) is 8.64. The van der Waals surface area contributed by atoms with Crippen molar-refractivity contribution in [2.75, 3.05) is 0 Å². The lowest BCUT2D eigenvalue weighted by molar-refractivity contribution is 0.773. The number of benzene rings is 1. The van der Waals surface area contributed by atoms with E-state index in [0.717, 1.165) is 0 Å². The van der Waals surface area contributed by atoms with Gasteiger partial charge in [-0.2, -0.15) is 0 Å². The summed E-state index contributed by atoms with van der Waals surface area (Å²) in [5.74, 6) is 0.951. The number of rotatable bonds is 4. The van der Waals surface area contributed by atoms with E-state index in [9.17, 15) is 0 Å². The predicted octanol–water partition coefficient (Wildman–Crippen LogP) is 7.45. The minimum absolute atomic E-state index is 0.465. The maximum absolute atomic E-state index is 2.40. The fraction of sp³-hybridized carbons (Fsp3) is 0.360. The molecular formula is C25H32. The van der Waals surface area contributed by atoms with E-state index >= 15 is 0 Å². The molecule has 0 spiro atoms. The molecule has 0 aliphatic heterocycles. The normalized spacial score (nSPS) is 19.4. The lowest BCUT2D eigenvalue weighted by Gasteiger charge is -2.19. The van der Waals surface area contributed by atoms with E-state index in [0.29, 0.717) is 11.8 Å². The van der Waals surface area contributed by atoms with Crippen LogP contribution in [0.15, 0.2) is 76.9 Å². The molecule has 25 heavy (non-hydrogen) atoms. The van der Waals surface area contributed by atoms with Gasteiger partial charge in [0.15, 0.2) is 0 Å². The first-order valence-corrected chi connectivity index (χ1v) is 9.34. The highest BCUT2D eigenvalue weighted by Crippen LogP contribution is 2.32. The molecule has 0 nitrogen and oxygen atoms in total. The van der Waals surface area contributed by atoms with Crippen LogP contribution in [0, 0.1) is 18.8 Å². The van der Waals surface area contributed by atoms with Crippen LogP contribution in [-0.4, -0.2) is 0 Å². The summed E-state index contributed by atoms with van der Waals surface area (Å²) >= 11 is 0. The van der Waals surface area contributed by atoms with Crippen molar-refractivity contribution < 1.29 is 0 Å². The highest BCUT2D eigenvalue weighted by Gasteiger charge is 2.14. The van der Waals surface area contributed by atoms with Crippen molar-refractivity contribution in [3.63, 3.8) is 0 Å². The fourth-order valence-corrected chi connectivity index (χ4v) is 3.34. The first-order valence-electron chi connectivity index (χ1n) is 9.34. The van der Waals surface area contributed by atoms with Gasteiger partial charge in [-0.05, 0) is 78.5 Å². The van der Waals surface area contributed by atoms with E-state index in [1.54, 1.807) is 0 Å². The van der Waals surface area contributed by atoms with Crippen molar-refractivity contribution in [3.05, 3.63) is 88.1 Å². The van der Waals surface area contributed by atoms with Crippen molar-refractivity contribution in [3.8, 4) is 0 Å². The van der Waals surface area contributed by atoms with Gasteiger partial charge in [0.1, 0.15) is 0 Å². The summed E-state index contributed by atoms with van der Waals surface area (Å²) in [5.41, 5.74) is 9.55. The van der Waals surface area contributed by atoms with E-state index in [1.807, 2.05) is 0 Å². The zero-order valence-corrected chi connectivity index (χ0v) is 16.9. The summed E-state index contributed by atoms with van der Waals surface area (Å²) in [7, 11) is 0. The molecular weight excluding hydrogens is 300 g/mol. The molecule has 1 aliphatic carbocycles. The zero-order valence-electron chi connectivity index (χ0n) is 16.9. The van der Waals surface area contributed by atoms with Crippen molar-refractivity contribution in [2.24, 2.45) is 11.8 Å². The summed E-state index contributed by atoms with van der Waals surface area (Å²) in [5, 5.41) is 0. The maximum Gasteiger partial charge on any atom is -0.00696 e. The van der Waals surface area contributed by atoms with Crippen molar-refractivity contribution in [2.45, 2.75) is 48.5 Å². The molecule has 1 aliphatic rings. The molecule has 0 amide bonds. The number of aryl methyl sites for hydroxylation is 1. The SMILES string of the molecule is CC1=CC=CC(C)C=C1/C(=C/C(C)=C(\C)c1ccccc1C)C(C)C. The molecule has 0 radical (unpaired) electrons. The third-order valence-corrected chi connectivity index (χ3v) is 5.06. The molecule has 132 valence electrons. The van der Waals surface area contributed by atoms with Crippen molar-refractivity contribution in [1.29, 1.82) is 0 Å². The summed E-state index contributed by atoms with van der Waals surface area (Å²) in [6.45, 7) is 15.7. The molecule has 1 unspecified atom stereocenters. The molecule has 1 aromatic carbocycles. The Kier molecular flexibility index (Phi) is 6.42. The van der Waals surface area contributed by atoms with Crippen LogP contribution >= 0.6 is 0 Å². The minimum Gasteiger partial charge on any atom is -0.0779 e. The lowest BCUT2D eigenvalue weighted by atomic mass is 9.86. The first kappa shape index (κ1) is 19.2. The molecule has 1 aromatic rings. The Morgan fingerprint density at radius 2 is 1.76 bits per heavy atom. The smallest absolute Gasteiger partial charge is 0.00696 e. The highest BCUT2D eigenvalue weighted by molar-refractivity contribution is 5.71. The van der Waals surface area contributed by atoms with Gasteiger partial charge < -0.3 is 0 Å². The summed E-state index contributed by atoms with van der Waals surface area (Å²) < 4.78 is 0. The van der Waals surface area contributed by atoms with Crippen LogP contribution in [-0.2, 0) is 0 Å². The van der Waals surface area contributed by atoms with Gasteiger partial charge >= 0.3 is 0 Å². The minimum atomic E-state index is 0.465. The Morgan fingerprint density at radius 3 is 2.40 bits per heavy atom. The van der Waals surface area contributed by atoms with Crippen LogP contribution < -0.4 is 0 Å². The number of allylic oxidation sites excluding steroid dienone is 10. The summed E-state index contributed by atoms with van der Waals surface area (Å²) in [6.07, 6.45) is 11.5. The van der Waals surface area contributed by atoms with Gasteiger partial charge in [-0.25, -0.2) is 0 Å². The third kappa shape index (κ3) is 4.72. The second-order valence-corrected chi connectivity index (χ2v) is 7.55. The molecule has 0 bridgehead atoms. The Hall–Kier alpha value is -2.08. The van der Waals surface area contributed by atoms with Gasteiger partial charge in [0.2, 0.25) is 0 Å². The molecule has 0 heteroatoms. The molecule has 0 aromatic heterocycles. The average molecular weight is 333 g/mol. The second-order valence-electron chi connectivity index (χ2n) is 7.55. The Labute approximate surface area is 154 Å². The Morgan fingerprint density at radius 1 is 1.08 bits per heavy atom. The fourth-order valence-electron chi connectivity index (χ4n) is 3.34. The van der Waals surface area contributed by atoms with E-state index < -0.39 is 0 Å². The monoisotopic (exact) mass is 332 g/mol. The predicted molar refractivity (Wildman–Crippen MR) is 113 cm³/mol. The molecule has 0 fully saturated rings. The Bertz CT molecular complexity index is 776. The quantitative estimate of drug-likeness (QED) is 0.502. The van der Waals surface area contributed by atoms with Gasteiger partial charge in [-0.3, -0.25) is 0 Å². The molecule has 0 saturated heterocycles. The van der Waals surface area contributed by atoms with Gasteiger partial charge in [0.05, 0.1) is 0 Å².